The van der Waals surface area contributed by atoms with Crippen molar-refractivity contribution in [2.75, 3.05) is 18.1 Å². The van der Waals surface area contributed by atoms with Gasteiger partial charge in [-0.25, -0.2) is 9.69 Å². The number of benzene rings is 3. The Kier molecular flexibility index (Phi) is 5.51. The molecule has 2 heterocycles. The van der Waals surface area contributed by atoms with Crippen molar-refractivity contribution in [2.24, 2.45) is 0 Å². The molecule has 0 saturated carbocycles. The Morgan fingerprint density at radius 3 is 1.89 bits per heavy atom. The van der Waals surface area contributed by atoms with Gasteiger partial charge in [-0.3, -0.25) is 24.1 Å². The zero-order valence-corrected chi connectivity index (χ0v) is 19.8. The molecule has 0 spiro atoms. The molecule has 36 heavy (non-hydrogen) atoms. The van der Waals surface area contributed by atoms with Crippen molar-refractivity contribution in [1.82, 2.24) is 4.90 Å². The van der Waals surface area contributed by atoms with Crippen LogP contribution < -0.4 is 4.90 Å². The molecule has 0 aliphatic carbocycles. The maximum Gasteiger partial charge on any atom is 0.330 e. The number of esters is 1. The molecule has 0 bridgehead atoms. The van der Waals surface area contributed by atoms with Crippen LogP contribution in [0.1, 0.15) is 59.5 Å². The molecule has 8 heteroatoms. The number of carbonyl (C=O) groups is 5. The summed E-state index contributed by atoms with van der Waals surface area (Å²) in [5.41, 5.74) is 3.14. The first-order chi connectivity index (χ1) is 17.3. The number of para-hydroxylation sites is 1. The van der Waals surface area contributed by atoms with E-state index >= 15 is 0 Å². The van der Waals surface area contributed by atoms with E-state index in [1.807, 2.05) is 32.0 Å². The minimum absolute atomic E-state index is 0.138. The minimum Gasteiger partial charge on any atom is -0.461 e. The first-order valence-electron chi connectivity index (χ1n) is 11.5. The minimum atomic E-state index is -0.660. The third-order valence-electron chi connectivity index (χ3n) is 6.63. The van der Waals surface area contributed by atoms with Crippen molar-refractivity contribution >= 4 is 46.1 Å². The number of hydrogen-bond donors (Lipinski definition) is 0. The smallest absolute Gasteiger partial charge is 0.330 e. The average Bonchev–Trinajstić information content (AvgIpc) is 2.88. The van der Waals surface area contributed by atoms with Gasteiger partial charge < -0.3 is 4.74 Å². The van der Waals surface area contributed by atoms with Crippen LogP contribution in [-0.4, -0.2) is 47.6 Å². The molecule has 0 unspecified atom stereocenters. The predicted molar refractivity (Wildman–Crippen MR) is 132 cm³/mol. The largest absolute Gasteiger partial charge is 0.461 e. The van der Waals surface area contributed by atoms with Crippen LogP contribution in [0.5, 0.6) is 0 Å². The van der Waals surface area contributed by atoms with E-state index in [2.05, 4.69) is 6.58 Å². The monoisotopic (exact) mass is 482 g/mol. The van der Waals surface area contributed by atoms with Gasteiger partial charge in [0.1, 0.15) is 6.61 Å². The number of aryl methyl sites for hydroxylation is 2. The summed E-state index contributed by atoms with van der Waals surface area (Å²) in [4.78, 5) is 67.4. The van der Waals surface area contributed by atoms with Crippen molar-refractivity contribution in [2.45, 2.75) is 20.3 Å². The molecule has 0 fully saturated rings. The van der Waals surface area contributed by atoms with Gasteiger partial charge in [0.05, 0.1) is 12.2 Å². The Bertz CT molecular complexity index is 1470. The van der Waals surface area contributed by atoms with Gasteiger partial charge in [0, 0.05) is 39.1 Å². The predicted octanol–water partition coefficient (Wildman–Crippen LogP) is 3.84. The molecular weight excluding hydrogens is 460 g/mol. The van der Waals surface area contributed by atoms with Gasteiger partial charge in [-0.05, 0) is 48.7 Å². The normalized spacial score (nSPS) is 14.5. The third kappa shape index (κ3) is 3.25. The number of carbonyl (C=O) groups excluding carboxylic acids is 5. The molecule has 0 N–H and O–H groups in total. The van der Waals surface area contributed by atoms with E-state index in [1.165, 1.54) is 29.2 Å². The Balaban J connectivity index is 1.63. The van der Waals surface area contributed by atoms with Crippen LogP contribution in [0.15, 0.2) is 55.1 Å². The zero-order valence-electron chi connectivity index (χ0n) is 19.8. The van der Waals surface area contributed by atoms with E-state index < -0.39 is 29.6 Å². The van der Waals surface area contributed by atoms with Crippen molar-refractivity contribution < 1.29 is 28.7 Å². The van der Waals surface area contributed by atoms with Crippen molar-refractivity contribution in [1.29, 1.82) is 0 Å². The number of hydrogen-bond acceptors (Lipinski definition) is 6. The number of anilines is 1. The summed E-state index contributed by atoms with van der Waals surface area (Å²) >= 11 is 0. The number of imide groups is 2. The average molecular weight is 482 g/mol. The number of amides is 4. The number of rotatable bonds is 6. The van der Waals surface area contributed by atoms with E-state index in [9.17, 15) is 24.0 Å². The molecule has 2 aliphatic rings. The lowest BCUT2D eigenvalue weighted by Gasteiger charge is -2.33. The van der Waals surface area contributed by atoms with Crippen LogP contribution in [0.4, 0.5) is 5.69 Å². The molecule has 5 rings (SSSR count). The second-order valence-corrected chi connectivity index (χ2v) is 8.59. The highest BCUT2D eigenvalue weighted by Gasteiger charge is 2.40. The highest BCUT2D eigenvalue weighted by atomic mass is 16.5. The van der Waals surface area contributed by atoms with Crippen molar-refractivity contribution in [3.63, 3.8) is 0 Å². The van der Waals surface area contributed by atoms with Gasteiger partial charge in [-0.1, -0.05) is 31.7 Å². The molecule has 0 saturated heterocycles. The van der Waals surface area contributed by atoms with Crippen LogP contribution in [0.3, 0.4) is 0 Å². The van der Waals surface area contributed by atoms with Gasteiger partial charge in [-0.2, -0.15) is 0 Å². The third-order valence-corrected chi connectivity index (χ3v) is 6.63. The van der Waals surface area contributed by atoms with E-state index in [-0.39, 0.29) is 35.4 Å². The van der Waals surface area contributed by atoms with Gasteiger partial charge in [0.15, 0.2) is 0 Å². The van der Waals surface area contributed by atoms with Crippen molar-refractivity contribution in [3.8, 4) is 0 Å². The van der Waals surface area contributed by atoms with Gasteiger partial charge >= 0.3 is 5.97 Å². The summed E-state index contributed by atoms with van der Waals surface area (Å²) in [5, 5.41) is 0.600. The molecule has 4 amide bonds. The van der Waals surface area contributed by atoms with Gasteiger partial charge in [0.2, 0.25) is 0 Å². The maximum absolute atomic E-state index is 13.7. The molecular formula is C28H22N2O6. The zero-order chi connectivity index (χ0) is 25.7. The van der Waals surface area contributed by atoms with Gasteiger partial charge in [0.25, 0.3) is 23.6 Å². The Hall–Kier alpha value is -4.59. The van der Waals surface area contributed by atoms with Crippen LogP contribution in [-0.2, 0) is 16.0 Å². The van der Waals surface area contributed by atoms with E-state index in [0.29, 0.717) is 22.9 Å². The van der Waals surface area contributed by atoms with Gasteiger partial charge in [-0.15, -0.1) is 0 Å². The van der Waals surface area contributed by atoms with E-state index in [1.54, 1.807) is 0 Å². The highest BCUT2D eigenvalue weighted by Crippen LogP contribution is 2.40. The van der Waals surface area contributed by atoms with Crippen LogP contribution in [0.2, 0.25) is 0 Å². The topological polar surface area (TPSA) is 101 Å². The molecule has 3 aromatic carbocycles. The maximum atomic E-state index is 13.7. The fourth-order valence-corrected chi connectivity index (χ4v) is 4.95. The molecule has 2 aliphatic heterocycles. The van der Waals surface area contributed by atoms with Crippen molar-refractivity contribution in [3.05, 3.63) is 88.5 Å². The fraction of sp³-hybridized carbons (Fsp3) is 0.179. The first-order valence-corrected chi connectivity index (χ1v) is 11.5. The Labute approximate surface area is 206 Å². The SMILES string of the molecule is C=CC(=O)OCCN1C(=O)c2ccc3c4c(ccc(c24)C1=O)C(=O)N(c1c(C)cccc1CC)C3=O. The quantitative estimate of drug-likeness (QED) is 0.301. The summed E-state index contributed by atoms with van der Waals surface area (Å²) in [6, 6.07) is 11.7. The van der Waals surface area contributed by atoms with Crippen LogP contribution >= 0.6 is 0 Å². The lowest BCUT2D eigenvalue weighted by atomic mass is 9.85. The Morgan fingerprint density at radius 1 is 0.861 bits per heavy atom. The van der Waals surface area contributed by atoms with E-state index in [4.69, 9.17) is 4.74 Å². The Morgan fingerprint density at radius 2 is 1.39 bits per heavy atom. The summed E-state index contributed by atoms with van der Waals surface area (Å²) in [7, 11) is 0. The van der Waals surface area contributed by atoms with E-state index in [0.717, 1.165) is 22.1 Å². The summed E-state index contributed by atoms with van der Waals surface area (Å²) in [6.07, 6.45) is 1.63. The second kappa shape index (κ2) is 8.57. The second-order valence-electron chi connectivity index (χ2n) is 8.59. The highest BCUT2D eigenvalue weighted by molar-refractivity contribution is 6.39. The number of nitrogens with zero attached hydrogens (tertiary/aromatic N) is 2. The van der Waals surface area contributed by atoms with Crippen LogP contribution in [0, 0.1) is 6.92 Å². The summed E-state index contributed by atoms with van der Waals surface area (Å²) < 4.78 is 4.93. The summed E-state index contributed by atoms with van der Waals surface area (Å²) in [6.45, 7) is 6.80. The lowest BCUT2D eigenvalue weighted by molar-refractivity contribution is -0.137. The molecule has 8 nitrogen and oxygen atoms in total. The fourth-order valence-electron chi connectivity index (χ4n) is 4.95. The summed E-state index contributed by atoms with van der Waals surface area (Å²) in [5.74, 6) is -2.83. The molecule has 3 aromatic rings. The molecule has 0 atom stereocenters. The number of ether oxygens (including phenoxy) is 1. The molecule has 0 radical (unpaired) electrons. The lowest BCUT2D eigenvalue weighted by Crippen LogP contribution is -2.44. The van der Waals surface area contributed by atoms with Crippen LogP contribution in [0.25, 0.3) is 10.8 Å². The standard InChI is InChI=1S/C28H22N2O6/c1-4-16-8-6-7-15(3)24(16)30-27(34)19-11-9-17-22-18(10-12-20(23(19)22)28(30)35)26(33)29(25(17)32)13-14-36-21(31)5-2/h5-12H,2,4,13-14H2,1,3H3. The first kappa shape index (κ1) is 23.2. The molecule has 0 aromatic heterocycles. The molecule has 180 valence electrons.